The minimum Gasteiger partial charge on any atom is -0.316 e. The van der Waals surface area contributed by atoms with Crippen molar-refractivity contribution < 1.29 is 4.39 Å². The van der Waals surface area contributed by atoms with Gasteiger partial charge in [0.25, 0.3) is 0 Å². The van der Waals surface area contributed by atoms with E-state index in [1.54, 1.807) is 12.1 Å². The number of halogens is 1. The average Bonchev–Trinajstić information content (AvgIpc) is 2.26. The standard InChI is InChI=1S/C13H18FN/c1-2-10-15-11-4-3-5-12-6-8-13(14)9-7-12/h3,5-9,15H,2,4,10-11H2,1H3. The third kappa shape index (κ3) is 5.33. The third-order valence-corrected chi connectivity index (χ3v) is 2.09. The molecule has 0 atom stereocenters. The van der Waals surface area contributed by atoms with Crippen LogP contribution < -0.4 is 5.32 Å². The predicted molar refractivity (Wildman–Crippen MR) is 63.2 cm³/mol. The molecule has 1 nitrogen and oxygen atoms in total. The first-order chi connectivity index (χ1) is 7.33. The summed E-state index contributed by atoms with van der Waals surface area (Å²) < 4.78 is 12.6. The van der Waals surface area contributed by atoms with E-state index >= 15 is 0 Å². The van der Waals surface area contributed by atoms with Crippen molar-refractivity contribution in [2.24, 2.45) is 0 Å². The highest BCUT2D eigenvalue weighted by Crippen LogP contribution is 2.04. The quantitative estimate of drug-likeness (QED) is 0.706. The van der Waals surface area contributed by atoms with E-state index < -0.39 is 0 Å². The molecule has 1 rings (SSSR count). The largest absolute Gasteiger partial charge is 0.316 e. The molecule has 0 saturated carbocycles. The van der Waals surface area contributed by atoms with Crippen LogP contribution in [-0.2, 0) is 0 Å². The van der Waals surface area contributed by atoms with Gasteiger partial charge < -0.3 is 5.32 Å². The molecule has 0 amide bonds. The molecule has 0 aromatic heterocycles. The summed E-state index contributed by atoms with van der Waals surface area (Å²) in [6.07, 6.45) is 6.31. The molecule has 82 valence electrons. The Hall–Kier alpha value is -1.15. The van der Waals surface area contributed by atoms with Crippen LogP contribution in [0.25, 0.3) is 6.08 Å². The number of hydrogen-bond donors (Lipinski definition) is 1. The lowest BCUT2D eigenvalue weighted by Crippen LogP contribution is -2.14. The first-order valence-corrected chi connectivity index (χ1v) is 5.45. The zero-order valence-electron chi connectivity index (χ0n) is 9.17. The Kier molecular flexibility index (Phi) is 5.71. The molecule has 0 aliphatic rings. The van der Waals surface area contributed by atoms with Gasteiger partial charge in [-0.25, -0.2) is 4.39 Å². The molecule has 0 saturated heterocycles. The SMILES string of the molecule is CCCNCCC=Cc1ccc(F)cc1. The average molecular weight is 207 g/mol. The fourth-order valence-corrected chi connectivity index (χ4v) is 1.28. The Balaban J connectivity index is 2.23. The van der Waals surface area contributed by atoms with Gasteiger partial charge >= 0.3 is 0 Å². The molecule has 0 aliphatic heterocycles. The number of hydrogen-bond acceptors (Lipinski definition) is 1. The second-order valence-corrected chi connectivity index (χ2v) is 3.49. The first-order valence-electron chi connectivity index (χ1n) is 5.45. The summed E-state index contributed by atoms with van der Waals surface area (Å²) in [5.74, 6) is -0.184. The predicted octanol–water partition coefficient (Wildman–Crippen LogP) is 3.23. The summed E-state index contributed by atoms with van der Waals surface area (Å²) in [5, 5.41) is 3.32. The summed E-state index contributed by atoms with van der Waals surface area (Å²) in [6, 6.07) is 6.53. The molecule has 0 bridgehead atoms. The second kappa shape index (κ2) is 7.18. The topological polar surface area (TPSA) is 12.0 Å². The molecule has 0 radical (unpaired) electrons. The maximum Gasteiger partial charge on any atom is 0.123 e. The Bertz CT molecular complexity index is 290. The molecule has 1 aromatic rings. The van der Waals surface area contributed by atoms with Crippen molar-refractivity contribution in [1.29, 1.82) is 0 Å². The minimum absolute atomic E-state index is 0.184. The molecule has 2 heteroatoms. The summed E-state index contributed by atoms with van der Waals surface area (Å²) in [6.45, 7) is 4.23. The van der Waals surface area contributed by atoms with E-state index in [2.05, 4.69) is 18.3 Å². The van der Waals surface area contributed by atoms with Crippen molar-refractivity contribution in [3.63, 3.8) is 0 Å². The van der Waals surface area contributed by atoms with E-state index in [1.165, 1.54) is 18.6 Å². The normalized spacial score (nSPS) is 11.1. The van der Waals surface area contributed by atoms with E-state index in [4.69, 9.17) is 0 Å². The second-order valence-electron chi connectivity index (χ2n) is 3.49. The molecule has 0 heterocycles. The van der Waals surface area contributed by atoms with E-state index in [0.717, 1.165) is 25.1 Å². The zero-order valence-corrected chi connectivity index (χ0v) is 9.17. The van der Waals surface area contributed by atoms with Gasteiger partial charge in [0, 0.05) is 0 Å². The Morgan fingerprint density at radius 1 is 1.20 bits per heavy atom. The lowest BCUT2D eigenvalue weighted by atomic mass is 10.2. The van der Waals surface area contributed by atoms with E-state index in [9.17, 15) is 4.39 Å². The molecule has 15 heavy (non-hydrogen) atoms. The molecule has 0 aliphatic carbocycles. The molecule has 1 N–H and O–H groups in total. The van der Waals surface area contributed by atoms with Gasteiger partial charge in [-0.15, -0.1) is 0 Å². The Morgan fingerprint density at radius 2 is 1.93 bits per heavy atom. The maximum atomic E-state index is 12.6. The van der Waals surface area contributed by atoms with Gasteiger partial charge in [0.2, 0.25) is 0 Å². The van der Waals surface area contributed by atoms with Crippen LogP contribution in [0.15, 0.2) is 30.3 Å². The van der Waals surface area contributed by atoms with Crippen molar-refractivity contribution in [3.8, 4) is 0 Å². The lowest BCUT2D eigenvalue weighted by Gasteiger charge is -1.98. The van der Waals surface area contributed by atoms with Crippen LogP contribution in [0.2, 0.25) is 0 Å². The summed E-state index contributed by atoms with van der Waals surface area (Å²) in [5.41, 5.74) is 1.05. The maximum absolute atomic E-state index is 12.6. The molecule has 0 fully saturated rings. The molecule has 1 aromatic carbocycles. The van der Waals surface area contributed by atoms with Crippen LogP contribution in [0.4, 0.5) is 4.39 Å². The van der Waals surface area contributed by atoms with Gasteiger partial charge in [-0.2, -0.15) is 0 Å². The third-order valence-electron chi connectivity index (χ3n) is 2.09. The van der Waals surface area contributed by atoms with Crippen molar-refractivity contribution in [1.82, 2.24) is 5.32 Å². The first kappa shape index (κ1) is 11.9. The van der Waals surface area contributed by atoms with Gasteiger partial charge in [-0.3, -0.25) is 0 Å². The van der Waals surface area contributed by atoms with Gasteiger partial charge in [-0.05, 0) is 43.6 Å². The van der Waals surface area contributed by atoms with Crippen molar-refractivity contribution in [2.75, 3.05) is 13.1 Å². The van der Waals surface area contributed by atoms with Crippen LogP contribution in [0.1, 0.15) is 25.3 Å². The van der Waals surface area contributed by atoms with E-state index in [0.29, 0.717) is 0 Å². The van der Waals surface area contributed by atoms with Crippen LogP contribution in [-0.4, -0.2) is 13.1 Å². The Labute approximate surface area is 91.0 Å². The van der Waals surface area contributed by atoms with Crippen molar-refractivity contribution in [3.05, 3.63) is 41.7 Å². The van der Waals surface area contributed by atoms with Crippen LogP contribution >= 0.6 is 0 Å². The molecule has 0 spiro atoms. The number of nitrogens with one attached hydrogen (secondary N) is 1. The van der Waals surface area contributed by atoms with Crippen LogP contribution in [0.5, 0.6) is 0 Å². The highest BCUT2D eigenvalue weighted by Gasteiger charge is 1.88. The summed E-state index contributed by atoms with van der Waals surface area (Å²) in [4.78, 5) is 0. The highest BCUT2D eigenvalue weighted by atomic mass is 19.1. The summed E-state index contributed by atoms with van der Waals surface area (Å²) >= 11 is 0. The molecular formula is C13H18FN. The Morgan fingerprint density at radius 3 is 2.60 bits per heavy atom. The van der Waals surface area contributed by atoms with Crippen molar-refractivity contribution in [2.45, 2.75) is 19.8 Å². The van der Waals surface area contributed by atoms with Gasteiger partial charge in [-0.1, -0.05) is 31.2 Å². The van der Waals surface area contributed by atoms with Crippen molar-refractivity contribution >= 4 is 6.08 Å². The lowest BCUT2D eigenvalue weighted by molar-refractivity contribution is 0.628. The van der Waals surface area contributed by atoms with Gasteiger partial charge in [0.05, 0.1) is 0 Å². The molecule has 0 unspecified atom stereocenters. The summed E-state index contributed by atoms with van der Waals surface area (Å²) in [7, 11) is 0. The number of benzene rings is 1. The van der Waals surface area contributed by atoms with E-state index in [1.807, 2.05) is 6.08 Å². The molecular weight excluding hydrogens is 189 g/mol. The smallest absolute Gasteiger partial charge is 0.123 e. The monoisotopic (exact) mass is 207 g/mol. The van der Waals surface area contributed by atoms with Crippen LogP contribution in [0.3, 0.4) is 0 Å². The van der Waals surface area contributed by atoms with Gasteiger partial charge in [0.1, 0.15) is 5.82 Å². The minimum atomic E-state index is -0.184. The van der Waals surface area contributed by atoms with Gasteiger partial charge in [0.15, 0.2) is 0 Å². The highest BCUT2D eigenvalue weighted by molar-refractivity contribution is 5.48. The number of rotatable bonds is 6. The van der Waals surface area contributed by atoms with E-state index in [-0.39, 0.29) is 5.82 Å². The fourth-order valence-electron chi connectivity index (χ4n) is 1.28. The van der Waals surface area contributed by atoms with Crippen LogP contribution in [0, 0.1) is 5.82 Å². The fraction of sp³-hybridized carbons (Fsp3) is 0.385. The zero-order chi connectivity index (χ0) is 10.9.